The van der Waals surface area contributed by atoms with Crippen molar-refractivity contribution in [1.82, 2.24) is 29.5 Å². The number of nitrogens with one attached hydrogen (secondary N) is 1. The van der Waals surface area contributed by atoms with Gasteiger partial charge < -0.3 is 14.8 Å². The van der Waals surface area contributed by atoms with Gasteiger partial charge in [-0.3, -0.25) is 9.48 Å². The lowest BCUT2D eigenvalue weighted by Gasteiger charge is -2.24. The van der Waals surface area contributed by atoms with Crippen molar-refractivity contribution in [3.8, 4) is 0 Å². The number of hydrogen-bond acceptors (Lipinski definition) is 4. The third-order valence-electron chi connectivity index (χ3n) is 4.99. The third kappa shape index (κ3) is 4.48. The van der Waals surface area contributed by atoms with E-state index >= 15 is 0 Å². The number of hydrogen-bond donors (Lipinski definition) is 1. The summed E-state index contributed by atoms with van der Waals surface area (Å²) in [5.41, 5.74) is 1.17. The van der Waals surface area contributed by atoms with Crippen LogP contribution in [0.4, 0.5) is 0 Å². The molecule has 3 heterocycles. The lowest BCUT2D eigenvalue weighted by molar-refractivity contribution is -0.130. The van der Waals surface area contributed by atoms with Crippen molar-refractivity contribution in [3.05, 3.63) is 36.2 Å². The highest BCUT2D eigenvalue weighted by Gasteiger charge is 2.20. The number of carbonyl (C=O) groups is 1. The summed E-state index contributed by atoms with van der Waals surface area (Å²) in [6, 6.07) is 2.05. The zero-order chi connectivity index (χ0) is 17.6. The topological polar surface area (TPSA) is 68.0 Å². The number of imidazole rings is 1. The first kappa shape index (κ1) is 17.7. The molecule has 0 spiro atoms. The van der Waals surface area contributed by atoms with E-state index in [0.717, 1.165) is 44.7 Å². The van der Waals surface area contributed by atoms with E-state index in [1.807, 2.05) is 41.8 Å². The lowest BCUT2D eigenvalue weighted by atomic mass is 9.96. The predicted octanol–water partition coefficient (Wildman–Crippen LogP) is 1.17. The Hall–Kier alpha value is -2.15. The predicted molar refractivity (Wildman–Crippen MR) is 96.2 cm³/mol. The Morgan fingerprint density at radius 2 is 2.32 bits per heavy atom. The third-order valence-corrected chi connectivity index (χ3v) is 4.99. The summed E-state index contributed by atoms with van der Waals surface area (Å²) in [7, 11) is 3.86. The second kappa shape index (κ2) is 8.29. The van der Waals surface area contributed by atoms with Gasteiger partial charge in [-0.15, -0.1) is 0 Å². The van der Waals surface area contributed by atoms with Crippen LogP contribution in [0.3, 0.4) is 0 Å². The van der Waals surface area contributed by atoms with E-state index in [0.29, 0.717) is 12.5 Å². The number of carbonyl (C=O) groups excluding carboxylic acids is 1. The second-order valence-corrected chi connectivity index (χ2v) is 6.83. The average molecular weight is 344 g/mol. The van der Waals surface area contributed by atoms with Crippen LogP contribution in [0.25, 0.3) is 0 Å². The Labute approximate surface area is 149 Å². The first-order valence-corrected chi connectivity index (χ1v) is 9.07. The van der Waals surface area contributed by atoms with E-state index in [1.165, 1.54) is 12.1 Å². The van der Waals surface area contributed by atoms with Gasteiger partial charge in [-0.1, -0.05) is 0 Å². The summed E-state index contributed by atoms with van der Waals surface area (Å²) in [4.78, 5) is 18.7. The molecular weight excluding hydrogens is 316 g/mol. The molecule has 1 aliphatic rings. The molecule has 0 unspecified atom stereocenters. The maximum atomic E-state index is 12.5. The van der Waals surface area contributed by atoms with Crippen LogP contribution in [0, 0.1) is 0 Å². The molecular formula is C18H28N6O. The molecule has 0 aromatic carbocycles. The van der Waals surface area contributed by atoms with Crippen molar-refractivity contribution in [3.63, 3.8) is 0 Å². The first-order valence-electron chi connectivity index (χ1n) is 9.07. The minimum Gasteiger partial charge on any atom is -0.344 e. The molecule has 0 aliphatic carbocycles. The van der Waals surface area contributed by atoms with E-state index in [2.05, 4.69) is 15.4 Å². The largest absolute Gasteiger partial charge is 0.344 e. The molecule has 136 valence electrons. The lowest BCUT2D eigenvalue weighted by Crippen LogP contribution is -2.34. The van der Waals surface area contributed by atoms with E-state index < -0.39 is 0 Å². The monoisotopic (exact) mass is 344 g/mol. The van der Waals surface area contributed by atoms with E-state index in [-0.39, 0.29) is 5.91 Å². The normalized spacial score (nSPS) is 17.6. The van der Waals surface area contributed by atoms with Crippen molar-refractivity contribution in [2.24, 2.45) is 7.05 Å². The van der Waals surface area contributed by atoms with Gasteiger partial charge in [0.1, 0.15) is 12.4 Å². The smallest absolute Gasteiger partial charge is 0.244 e. The highest BCUT2D eigenvalue weighted by molar-refractivity contribution is 5.75. The molecule has 2 aromatic rings. The number of rotatable bonds is 7. The molecule has 1 saturated heterocycles. The van der Waals surface area contributed by atoms with Crippen molar-refractivity contribution >= 4 is 5.91 Å². The van der Waals surface area contributed by atoms with Crippen LogP contribution in [0.5, 0.6) is 0 Å². The molecule has 0 bridgehead atoms. The maximum absolute atomic E-state index is 12.5. The van der Waals surface area contributed by atoms with Crippen molar-refractivity contribution in [2.75, 3.05) is 26.7 Å². The van der Waals surface area contributed by atoms with Gasteiger partial charge in [-0.2, -0.15) is 5.10 Å². The highest BCUT2D eigenvalue weighted by Crippen LogP contribution is 2.22. The van der Waals surface area contributed by atoms with Gasteiger partial charge in [0.05, 0.1) is 0 Å². The number of piperidine rings is 1. The Kier molecular flexibility index (Phi) is 5.86. The van der Waals surface area contributed by atoms with Crippen LogP contribution in [-0.2, 0) is 24.8 Å². The van der Waals surface area contributed by atoms with Gasteiger partial charge in [0.2, 0.25) is 5.91 Å². The second-order valence-electron chi connectivity index (χ2n) is 6.83. The molecule has 1 aliphatic heterocycles. The molecule has 1 fully saturated rings. The maximum Gasteiger partial charge on any atom is 0.244 e. The summed E-state index contributed by atoms with van der Waals surface area (Å²) in [6.45, 7) is 3.10. The first-order chi connectivity index (χ1) is 12.1. The molecule has 1 amide bonds. The Morgan fingerprint density at radius 1 is 1.44 bits per heavy atom. The molecule has 1 N–H and O–H groups in total. The molecule has 7 heteroatoms. The van der Waals surface area contributed by atoms with Gasteiger partial charge >= 0.3 is 0 Å². The van der Waals surface area contributed by atoms with Crippen LogP contribution >= 0.6 is 0 Å². The number of nitrogens with zero attached hydrogens (tertiary/aromatic N) is 5. The fourth-order valence-electron chi connectivity index (χ4n) is 3.41. The molecule has 7 nitrogen and oxygen atoms in total. The number of amides is 1. The van der Waals surface area contributed by atoms with Crippen LogP contribution in [0.1, 0.15) is 36.7 Å². The Morgan fingerprint density at radius 3 is 3.04 bits per heavy atom. The van der Waals surface area contributed by atoms with Gasteiger partial charge in [0.25, 0.3) is 0 Å². The fourth-order valence-corrected chi connectivity index (χ4v) is 3.41. The van der Waals surface area contributed by atoms with Crippen LogP contribution < -0.4 is 5.32 Å². The number of aromatic nitrogens is 4. The molecule has 0 saturated carbocycles. The zero-order valence-corrected chi connectivity index (χ0v) is 15.2. The molecule has 2 aromatic heterocycles. The summed E-state index contributed by atoms with van der Waals surface area (Å²) in [5.74, 6) is 1.62. The Balaban J connectivity index is 1.50. The van der Waals surface area contributed by atoms with E-state index in [4.69, 9.17) is 0 Å². The summed E-state index contributed by atoms with van der Waals surface area (Å²) < 4.78 is 3.89. The molecule has 3 rings (SSSR count). The molecule has 25 heavy (non-hydrogen) atoms. The van der Waals surface area contributed by atoms with E-state index in [1.54, 1.807) is 11.1 Å². The van der Waals surface area contributed by atoms with Crippen LogP contribution in [-0.4, -0.2) is 56.8 Å². The SMILES string of the molecule is CN(CCCc1nccn1C)C(=O)Cn1nccc1[C@@H]1CCCNC1. The molecule has 1 atom stereocenters. The standard InChI is InChI=1S/C18H28N6O/c1-22-12-10-20-17(22)6-4-11-23(2)18(25)14-24-16(7-9-21-24)15-5-3-8-19-13-15/h7,9-10,12,15,19H,3-6,8,11,13-14H2,1-2H3/t15-/m1/s1. The molecule has 0 radical (unpaired) electrons. The minimum absolute atomic E-state index is 0.105. The van der Waals surface area contributed by atoms with Crippen LogP contribution in [0.2, 0.25) is 0 Å². The average Bonchev–Trinajstić information content (AvgIpc) is 3.25. The Bertz CT molecular complexity index is 685. The quantitative estimate of drug-likeness (QED) is 0.819. The summed E-state index contributed by atoms with van der Waals surface area (Å²) in [6.07, 6.45) is 9.68. The summed E-state index contributed by atoms with van der Waals surface area (Å²) in [5, 5.41) is 7.80. The number of likely N-dealkylation sites (N-methyl/N-ethyl adjacent to an activating group) is 1. The minimum atomic E-state index is 0.105. The summed E-state index contributed by atoms with van der Waals surface area (Å²) >= 11 is 0. The van der Waals surface area contributed by atoms with Gasteiger partial charge in [0.15, 0.2) is 0 Å². The van der Waals surface area contributed by atoms with E-state index in [9.17, 15) is 4.79 Å². The van der Waals surface area contributed by atoms with Crippen molar-refractivity contribution in [1.29, 1.82) is 0 Å². The van der Waals surface area contributed by atoms with Gasteiger partial charge in [-0.25, -0.2) is 4.98 Å². The fraction of sp³-hybridized carbons (Fsp3) is 0.611. The number of aryl methyl sites for hydroxylation is 2. The van der Waals surface area contributed by atoms with Gasteiger partial charge in [0, 0.05) is 63.8 Å². The van der Waals surface area contributed by atoms with Crippen LogP contribution in [0.15, 0.2) is 24.7 Å². The van der Waals surface area contributed by atoms with Crippen molar-refractivity contribution < 1.29 is 4.79 Å². The highest BCUT2D eigenvalue weighted by atomic mass is 16.2. The van der Waals surface area contributed by atoms with Crippen molar-refractivity contribution in [2.45, 2.75) is 38.1 Å². The zero-order valence-electron chi connectivity index (χ0n) is 15.2. The van der Waals surface area contributed by atoms with Gasteiger partial charge in [-0.05, 0) is 31.9 Å².